The first-order valence-corrected chi connectivity index (χ1v) is 11.7. The van der Waals surface area contributed by atoms with Gasteiger partial charge in [-0.3, -0.25) is 0 Å². The number of rotatable bonds is 7. The van der Waals surface area contributed by atoms with Crippen LogP contribution < -0.4 is 14.2 Å². The van der Waals surface area contributed by atoms with Crippen LogP contribution in [0.25, 0.3) is 11.1 Å². The fourth-order valence-corrected chi connectivity index (χ4v) is 5.04. The summed E-state index contributed by atoms with van der Waals surface area (Å²) in [5.74, 6) is 0.719. The second-order valence-electron chi connectivity index (χ2n) is 7.47. The minimum Gasteiger partial charge on any atom is -0.477 e. The summed E-state index contributed by atoms with van der Waals surface area (Å²) < 4.78 is 39.6. The maximum atomic E-state index is 12.8. The Morgan fingerprint density at radius 2 is 1.45 bits per heavy atom. The Kier molecular flexibility index (Phi) is 6.48. The molecule has 1 saturated carbocycles. The molecular formula is C23H25N3O4S. The molecule has 0 radical (unpaired) electrons. The fourth-order valence-electron chi connectivity index (χ4n) is 3.73. The molecule has 8 heteroatoms. The van der Waals surface area contributed by atoms with Crippen molar-refractivity contribution in [1.82, 2.24) is 14.7 Å². The summed E-state index contributed by atoms with van der Waals surface area (Å²) in [6.45, 7) is 0. The number of sulfonamides is 1. The lowest BCUT2D eigenvalue weighted by molar-refractivity contribution is 0.132. The number of ether oxygens (including phenoxy) is 2. The molecule has 0 aliphatic heterocycles. The molecule has 7 nitrogen and oxygen atoms in total. The Balaban J connectivity index is 1.34. The zero-order valence-corrected chi connectivity index (χ0v) is 18.1. The van der Waals surface area contributed by atoms with Crippen LogP contribution in [-0.4, -0.2) is 37.6 Å². The Labute approximate surface area is 182 Å². The number of hydrogen-bond acceptors (Lipinski definition) is 6. The number of methoxy groups -OCH3 is 1. The lowest BCUT2D eigenvalue weighted by atomic mass is 9.94. The molecule has 1 N–H and O–H groups in total. The van der Waals surface area contributed by atoms with E-state index >= 15 is 0 Å². The number of benzene rings is 2. The zero-order valence-electron chi connectivity index (χ0n) is 17.3. The second kappa shape index (κ2) is 9.45. The quantitative estimate of drug-likeness (QED) is 0.602. The Morgan fingerprint density at radius 3 is 2.10 bits per heavy atom. The zero-order chi connectivity index (χ0) is 21.7. The van der Waals surface area contributed by atoms with Gasteiger partial charge >= 0.3 is 0 Å². The van der Waals surface area contributed by atoms with Gasteiger partial charge in [0, 0.05) is 18.4 Å². The molecule has 0 unspecified atom stereocenters. The van der Waals surface area contributed by atoms with Crippen LogP contribution >= 0.6 is 0 Å². The topological polar surface area (TPSA) is 90.4 Å². The highest BCUT2D eigenvalue weighted by Crippen LogP contribution is 2.28. The van der Waals surface area contributed by atoms with E-state index in [1.54, 1.807) is 24.5 Å². The Bertz CT molecular complexity index is 1100. The predicted molar refractivity (Wildman–Crippen MR) is 117 cm³/mol. The van der Waals surface area contributed by atoms with Crippen LogP contribution in [0.4, 0.5) is 0 Å². The van der Waals surface area contributed by atoms with Crippen molar-refractivity contribution < 1.29 is 17.9 Å². The van der Waals surface area contributed by atoms with Crippen molar-refractivity contribution in [3.8, 4) is 22.9 Å². The first-order valence-electron chi connectivity index (χ1n) is 10.2. The summed E-state index contributed by atoms with van der Waals surface area (Å²) >= 11 is 0. The lowest BCUT2D eigenvalue weighted by Crippen LogP contribution is -2.39. The third kappa shape index (κ3) is 5.21. The van der Waals surface area contributed by atoms with Gasteiger partial charge in [0.05, 0.1) is 12.0 Å². The number of hydrogen-bond donors (Lipinski definition) is 1. The van der Waals surface area contributed by atoms with Gasteiger partial charge < -0.3 is 9.47 Å². The molecule has 1 heterocycles. The van der Waals surface area contributed by atoms with E-state index in [0.717, 1.165) is 24.0 Å². The monoisotopic (exact) mass is 439 g/mol. The number of nitrogens with one attached hydrogen (secondary N) is 1. The maximum absolute atomic E-state index is 12.8. The van der Waals surface area contributed by atoms with Gasteiger partial charge in [-0.2, -0.15) is 0 Å². The van der Waals surface area contributed by atoms with Crippen molar-refractivity contribution in [3.63, 3.8) is 0 Å². The van der Waals surface area contributed by atoms with Crippen molar-refractivity contribution >= 4 is 10.0 Å². The molecule has 1 aliphatic carbocycles. The van der Waals surface area contributed by atoms with Crippen molar-refractivity contribution in [2.45, 2.75) is 42.7 Å². The van der Waals surface area contributed by atoms with Crippen LogP contribution in [0.1, 0.15) is 25.7 Å². The van der Waals surface area contributed by atoms with Gasteiger partial charge in [0.1, 0.15) is 6.10 Å². The minimum absolute atomic E-state index is 0.0449. The maximum Gasteiger partial charge on any atom is 0.278 e. The van der Waals surface area contributed by atoms with Gasteiger partial charge in [-0.05, 0) is 48.9 Å². The Hall–Kier alpha value is -2.97. The van der Waals surface area contributed by atoms with E-state index in [9.17, 15) is 8.42 Å². The van der Waals surface area contributed by atoms with Gasteiger partial charge in [-0.25, -0.2) is 23.1 Å². The van der Waals surface area contributed by atoms with Crippen LogP contribution in [0, 0.1) is 0 Å². The predicted octanol–water partition coefficient (Wildman–Crippen LogP) is 3.82. The molecule has 0 bridgehead atoms. The van der Waals surface area contributed by atoms with Gasteiger partial charge in [-0.15, -0.1) is 0 Å². The van der Waals surface area contributed by atoms with Crippen LogP contribution in [0.2, 0.25) is 0 Å². The highest BCUT2D eigenvalue weighted by Gasteiger charge is 2.27. The van der Waals surface area contributed by atoms with Crippen molar-refractivity contribution in [2.24, 2.45) is 0 Å². The third-order valence-corrected chi connectivity index (χ3v) is 6.91. The van der Waals surface area contributed by atoms with Crippen LogP contribution in [-0.2, 0) is 10.0 Å². The van der Waals surface area contributed by atoms with E-state index < -0.39 is 10.0 Å². The van der Waals surface area contributed by atoms with E-state index in [1.807, 2.05) is 42.5 Å². The summed E-state index contributed by atoms with van der Waals surface area (Å²) in [5, 5.41) is 0. The molecule has 0 atom stereocenters. The minimum atomic E-state index is -3.58. The highest BCUT2D eigenvalue weighted by atomic mass is 32.2. The standard InChI is InChI=1S/C23H25N3O4S/c1-29-22-23(25-16-15-24-22)30-20-11-9-19(10-12-20)26-31(27,28)21-13-7-18(8-14-21)17-5-3-2-4-6-17/h2-8,13-16,19-20,26H,9-12H2,1H3. The number of nitrogens with zero attached hydrogens (tertiary/aromatic N) is 2. The molecule has 0 amide bonds. The molecule has 2 aromatic carbocycles. The molecular weight excluding hydrogens is 414 g/mol. The first-order chi connectivity index (χ1) is 15.0. The van der Waals surface area contributed by atoms with Gasteiger partial charge in [0.2, 0.25) is 10.0 Å². The third-order valence-electron chi connectivity index (χ3n) is 5.37. The summed E-state index contributed by atoms with van der Waals surface area (Å²) in [4.78, 5) is 8.53. The van der Waals surface area contributed by atoms with Crippen LogP contribution in [0.15, 0.2) is 71.9 Å². The average Bonchev–Trinajstić information content (AvgIpc) is 2.81. The van der Waals surface area contributed by atoms with E-state index in [2.05, 4.69) is 14.7 Å². The average molecular weight is 440 g/mol. The molecule has 3 aromatic rings. The largest absolute Gasteiger partial charge is 0.477 e. The van der Waals surface area contributed by atoms with Gasteiger partial charge in [0.15, 0.2) is 0 Å². The van der Waals surface area contributed by atoms with Crippen LogP contribution in [0.3, 0.4) is 0 Å². The van der Waals surface area contributed by atoms with Crippen LogP contribution in [0.5, 0.6) is 11.8 Å². The molecule has 1 fully saturated rings. The van der Waals surface area contributed by atoms with Crippen molar-refractivity contribution in [2.75, 3.05) is 7.11 Å². The van der Waals surface area contributed by atoms with E-state index in [0.29, 0.717) is 24.6 Å². The van der Waals surface area contributed by atoms with Crippen molar-refractivity contribution in [1.29, 1.82) is 0 Å². The normalized spacial score (nSPS) is 19.0. The lowest BCUT2D eigenvalue weighted by Gasteiger charge is -2.29. The summed E-state index contributed by atoms with van der Waals surface area (Å²) in [6.07, 6.45) is 5.88. The summed E-state index contributed by atoms with van der Waals surface area (Å²) in [7, 11) is -2.06. The highest BCUT2D eigenvalue weighted by molar-refractivity contribution is 7.89. The van der Waals surface area contributed by atoms with E-state index in [4.69, 9.17) is 9.47 Å². The smallest absolute Gasteiger partial charge is 0.278 e. The number of aromatic nitrogens is 2. The SMILES string of the molecule is COc1nccnc1OC1CCC(NS(=O)(=O)c2ccc(-c3ccccc3)cc2)CC1. The van der Waals surface area contributed by atoms with Crippen molar-refractivity contribution in [3.05, 3.63) is 67.0 Å². The molecule has 162 valence electrons. The van der Waals surface area contributed by atoms with E-state index in [-0.39, 0.29) is 17.0 Å². The van der Waals surface area contributed by atoms with Gasteiger partial charge in [0.25, 0.3) is 11.8 Å². The van der Waals surface area contributed by atoms with E-state index in [1.165, 1.54) is 7.11 Å². The first kappa shape index (κ1) is 21.3. The summed E-state index contributed by atoms with van der Waals surface area (Å²) in [5.41, 5.74) is 2.04. The molecule has 0 saturated heterocycles. The van der Waals surface area contributed by atoms with Gasteiger partial charge in [-0.1, -0.05) is 42.5 Å². The molecule has 31 heavy (non-hydrogen) atoms. The fraction of sp³-hybridized carbons (Fsp3) is 0.304. The second-order valence-corrected chi connectivity index (χ2v) is 9.19. The molecule has 0 spiro atoms. The Morgan fingerprint density at radius 1 is 0.839 bits per heavy atom. The molecule has 1 aromatic heterocycles. The molecule has 4 rings (SSSR count). The molecule has 1 aliphatic rings. The summed E-state index contributed by atoms with van der Waals surface area (Å²) in [6, 6.07) is 16.7.